The highest BCUT2D eigenvalue weighted by molar-refractivity contribution is 8.00. The zero-order chi connectivity index (χ0) is 18.4. The lowest BCUT2D eigenvalue weighted by Gasteiger charge is -2.06. The van der Waals surface area contributed by atoms with Crippen molar-refractivity contribution in [3.8, 4) is 0 Å². The lowest BCUT2D eigenvalue weighted by Crippen LogP contribution is -2.34. The van der Waals surface area contributed by atoms with Crippen LogP contribution >= 0.6 is 23.1 Å². The minimum absolute atomic E-state index is 0.00186. The molecule has 2 amide bonds. The van der Waals surface area contributed by atoms with Crippen molar-refractivity contribution < 1.29 is 19.1 Å². The Morgan fingerprint density at radius 3 is 2.73 bits per heavy atom. The molecule has 1 aromatic carbocycles. The molecule has 0 bridgehead atoms. The molecule has 0 saturated carbocycles. The first-order valence-electron chi connectivity index (χ1n) is 7.49. The van der Waals surface area contributed by atoms with Crippen LogP contribution in [0.15, 0.2) is 53.1 Å². The Labute approximate surface area is 156 Å². The van der Waals surface area contributed by atoms with Crippen molar-refractivity contribution in [2.24, 2.45) is 0 Å². The highest BCUT2D eigenvalue weighted by Gasteiger charge is 2.13. The van der Waals surface area contributed by atoms with E-state index in [1.54, 1.807) is 30.3 Å². The third kappa shape index (κ3) is 4.64. The molecule has 0 unspecified atom stereocenters. The zero-order valence-corrected chi connectivity index (χ0v) is 15.0. The van der Waals surface area contributed by atoms with E-state index in [1.807, 2.05) is 11.4 Å². The number of benzene rings is 1. The molecule has 0 aliphatic carbocycles. The average molecular weight is 387 g/mol. The molecule has 3 rings (SSSR count). The number of carbonyl (C=O) groups is 3. The summed E-state index contributed by atoms with van der Waals surface area (Å²) in [7, 11) is 0. The number of esters is 1. The van der Waals surface area contributed by atoms with Crippen LogP contribution in [0.5, 0.6) is 0 Å². The second-order valence-electron chi connectivity index (χ2n) is 5.01. The van der Waals surface area contributed by atoms with E-state index in [2.05, 4.69) is 15.3 Å². The molecule has 0 fully saturated rings. The summed E-state index contributed by atoms with van der Waals surface area (Å²) in [5, 5.41) is 5.62. The molecule has 132 valence electrons. The number of amides is 2. The maximum absolute atomic E-state index is 11.8. The van der Waals surface area contributed by atoms with Crippen LogP contribution < -0.4 is 5.32 Å². The molecule has 0 atom stereocenters. The van der Waals surface area contributed by atoms with E-state index in [1.165, 1.54) is 29.4 Å². The molecule has 1 N–H and O–H groups in total. The van der Waals surface area contributed by atoms with Crippen molar-refractivity contribution in [3.63, 3.8) is 0 Å². The summed E-state index contributed by atoms with van der Waals surface area (Å²) < 4.78 is 4.89. The number of carbonyl (C=O) groups excluding carboxylic acids is 3. The Kier molecular flexibility index (Phi) is 5.92. The quantitative estimate of drug-likeness (QED) is 0.394. The minimum atomic E-state index is -0.681. The van der Waals surface area contributed by atoms with E-state index < -0.39 is 24.4 Å². The van der Waals surface area contributed by atoms with Gasteiger partial charge in [-0.25, -0.2) is 9.97 Å². The summed E-state index contributed by atoms with van der Waals surface area (Å²) in [4.78, 5) is 44.5. The minimum Gasteiger partial charge on any atom is -0.455 e. The smallest absolute Gasteiger partial charge is 0.316 e. The van der Waals surface area contributed by atoms with Crippen LogP contribution in [0.2, 0.25) is 0 Å². The number of hydrogen-bond donors (Lipinski definition) is 1. The van der Waals surface area contributed by atoms with Crippen LogP contribution in [0.25, 0.3) is 10.2 Å². The van der Waals surface area contributed by atoms with Gasteiger partial charge in [0.05, 0.1) is 5.75 Å². The molecule has 2 heterocycles. The van der Waals surface area contributed by atoms with Crippen molar-refractivity contribution in [2.75, 3.05) is 12.4 Å². The number of imide groups is 1. The van der Waals surface area contributed by atoms with Gasteiger partial charge in [-0.2, -0.15) is 0 Å². The van der Waals surface area contributed by atoms with Crippen molar-refractivity contribution in [1.29, 1.82) is 0 Å². The van der Waals surface area contributed by atoms with E-state index in [0.717, 1.165) is 10.2 Å². The topological polar surface area (TPSA) is 98.2 Å². The fourth-order valence-corrected chi connectivity index (χ4v) is 3.60. The Bertz CT molecular complexity index is 943. The van der Waals surface area contributed by atoms with Crippen molar-refractivity contribution in [3.05, 3.63) is 53.7 Å². The van der Waals surface area contributed by atoms with Crippen molar-refractivity contribution in [1.82, 2.24) is 15.3 Å². The van der Waals surface area contributed by atoms with Crippen molar-refractivity contribution in [2.45, 2.75) is 5.03 Å². The number of rotatable bonds is 6. The van der Waals surface area contributed by atoms with Crippen LogP contribution in [-0.4, -0.2) is 40.1 Å². The fourth-order valence-electron chi connectivity index (χ4n) is 2.02. The van der Waals surface area contributed by atoms with Gasteiger partial charge >= 0.3 is 5.97 Å². The fraction of sp³-hybridized carbons (Fsp3) is 0.118. The van der Waals surface area contributed by atoms with Gasteiger partial charge in [-0.15, -0.1) is 11.3 Å². The van der Waals surface area contributed by atoms with Crippen LogP contribution in [0.3, 0.4) is 0 Å². The number of thiophene rings is 1. The molecule has 2 aromatic heterocycles. The molecule has 9 heteroatoms. The molecule has 0 aliphatic heterocycles. The summed E-state index contributed by atoms with van der Waals surface area (Å²) in [6.45, 7) is -0.518. The summed E-state index contributed by atoms with van der Waals surface area (Å²) in [5.74, 6) is -1.79. The van der Waals surface area contributed by atoms with Gasteiger partial charge in [0.15, 0.2) is 6.61 Å². The van der Waals surface area contributed by atoms with Crippen LogP contribution in [-0.2, 0) is 14.3 Å². The first kappa shape index (κ1) is 18.0. The van der Waals surface area contributed by atoms with Gasteiger partial charge in [0.25, 0.3) is 11.8 Å². The van der Waals surface area contributed by atoms with E-state index in [-0.39, 0.29) is 5.75 Å². The summed E-state index contributed by atoms with van der Waals surface area (Å²) >= 11 is 2.70. The summed E-state index contributed by atoms with van der Waals surface area (Å²) in [6.07, 6.45) is 1.44. The lowest BCUT2D eigenvalue weighted by molar-refractivity contribution is -0.145. The molecule has 0 aliphatic rings. The van der Waals surface area contributed by atoms with E-state index in [0.29, 0.717) is 10.6 Å². The second-order valence-corrected chi connectivity index (χ2v) is 6.87. The Morgan fingerprint density at radius 2 is 1.92 bits per heavy atom. The third-order valence-electron chi connectivity index (χ3n) is 3.21. The Morgan fingerprint density at radius 1 is 1.12 bits per heavy atom. The highest BCUT2D eigenvalue weighted by atomic mass is 32.2. The van der Waals surface area contributed by atoms with Crippen molar-refractivity contribution >= 4 is 51.1 Å². The van der Waals surface area contributed by atoms with Gasteiger partial charge in [-0.3, -0.25) is 19.7 Å². The van der Waals surface area contributed by atoms with Gasteiger partial charge < -0.3 is 4.74 Å². The van der Waals surface area contributed by atoms with E-state index in [4.69, 9.17) is 4.74 Å². The first-order chi connectivity index (χ1) is 12.6. The number of fused-ring (bicyclic) bond motifs is 1. The maximum atomic E-state index is 11.8. The average Bonchev–Trinajstić information content (AvgIpc) is 3.14. The molecule has 0 radical (unpaired) electrons. The number of ether oxygens (including phenoxy) is 1. The van der Waals surface area contributed by atoms with Gasteiger partial charge in [0.1, 0.15) is 16.2 Å². The third-order valence-corrected chi connectivity index (χ3v) is 5.00. The predicted octanol–water partition coefficient (Wildman–Crippen LogP) is 2.28. The summed E-state index contributed by atoms with van der Waals surface area (Å²) in [5.41, 5.74) is 0.353. The number of aromatic nitrogens is 2. The number of nitrogens with one attached hydrogen (secondary N) is 1. The van der Waals surface area contributed by atoms with Gasteiger partial charge in [-0.05, 0) is 23.6 Å². The van der Waals surface area contributed by atoms with Crippen LogP contribution in [0.4, 0.5) is 0 Å². The largest absolute Gasteiger partial charge is 0.455 e. The maximum Gasteiger partial charge on any atom is 0.316 e. The van der Waals surface area contributed by atoms with E-state index in [9.17, 15) is 14.4 Å². The molecular formula is C17H13N3O4S2. The Hall–Kier alpha value is -2.78. The summed E-state index contributed by atoms with van der Waals surface area (Å²) in [6, 6.07) is 10.2. The molecule has 3 aromatic rings. The Balaban J connectivity index is 1.44. The molecule has 0 spiro atoms. The van der Waals surface area contributed by atoms with Crippen LogP contribution in [0, 0.1) is 0 Å². The normalized spacial score (nSPS) is 10.5. The van der Waals surface area contributed by atoms with Gasteiger partial charge in [0, 0.05) is 10.9 Å². The standard InChI is InChI=1S/C17H13N3O4S2/c21-13(20-15(23)11-4-2-1-3-5-11)8-24-14(22)9-26-17-12-6-7-25-16(12)18-10-19-17/h1-7,10H,8-9H2,(H,20,21,23). The zero-order valence-electron chi connectivity index (χ0n) is 13.4. The molecular weight excluding hydrogens is 374 g/mol. The highest BCUT2D eigenvalue weighted by Crippen LogP contribution is 2.27. The molecule has 26 heavy (non-hydrogen) atoms. The van der Waals surface area contributed by atoms with Gasteiger partial charge in [-0.1, -0.05) is 30.0 Å². The predicted molar refractivity (Wildman–Crippen MR) is 98.0 cm³/mol. The van der Waals surface area contributed by atoms with Crippen LogP contribution in [0.1, 0.15) is 10.4 Å². The monoisotopic (exact) mass is 387 g/mol. The number of nitrogens with zero attached hydrogens (tertiary/aromatic N) is 2. The second kappa shape index (κ2) is 8.54. The number of thioether (sulfide) groups is 1. The SMILES string of the molecule is O=C(COC(=O)CSc1ncnc2sccc12)NC(=O)c1ccccc1. The first-order valence-corrected chi connectivity index (χ1v) is 9.36. The van der Waals surface area contributed by atoms with Gasteiger partial charge in [0.2, 0.25) is 0 Å². The molecule has 7 nitrogen and oxygen atoms in total. The van der Waals surface area contributed by atoms with E-state index >= 15 is 0 Å². The lowest BCUT2D eigenvalue weighted by atomic mass is 10.2. The molecule has 0 saturated heterocycles. The number of hydrogen-bond acceptors (Lipinski definition) is 8.